The number of anilines is 1. The van der Waals surface area contributed by atoms with Gasteiger partial charge in [-0.15, -0.1) is 0 Å². The molecule has 0 bridgehead atoms. The maximum absolute atomic E-state index is 12.2. The zero-order valence-corrected chi connectivity index (χ0v) is 14.0. The summed E-state index contributed by atoms with van der Waals surface area (Å²) in [5.41, 5.74) is 2.73. The summed E-state index contributed by atoms with van der Waals surface area (Å²) < 4.78 is 5.12. The van der Waals surface area contributed by atoms with Gasteiger partial charge >= 0.3 is 6.03 Å². The van der Waals surface area contributed by atoms with E-state index in [1.165, 1.54) is 11.1 Å². The molecule has 0 fully saturated rings. The number of ether oxygens (including phenoxy) is 1. The molecule has 0 saturated carbocycles. The van der Waals surface area contributed by atoms with Crippen LogP contribution in [-0.2, 0) is 17.6 Å². The highest BCUT2D eigenvalue weighted by molar-refractivity contribution is 5.89. The first-order valence-electron chi connectivity index (χ1n) is 7.78. The van der Waals surface area contributed by atoms with Gasteiger partial charge in [-0.25, -0.2) is 4.79 Å². The lowest BCUT2D eigenvalue weighted by Crippen LogP contribution is -2.51. The third-order valence-electron chi connectivity index (χ3n) is 3.77. The van der Waals surface area contributed by atoms with Gasteiger partial charge < -0.3 is 20.5 Å². The van der Waals surface area contributed by atoms with Crippen LogP contribution in [0.2, 0.25) is 0 Å². The fourth-order valence-corrected chi connectivity index (χ4v) is 2.55. The second-order valence-electron chi connectivity index (χ2n) is 5.74. The first-order chi connectivity index (χ1) is 10.5. The number of urea groups is 1. The van der Waals surface area contributed by atoms with E-state index in [1.807, 2.05) is 19.1 Å². The van der Waals surface area contributed by atoms with Gasteiger partial charge in [0.05, 0.1) is 12.1 Å². The van der Waals surface area contributed by atoms with Crippen LogP contribution < -0.4 is 10.6 Å². The maximum atomic E-state index is 12.2. The van der Waals surface area contributed by atoms with Crippen molar-refractivity contribution < 1.29 is 14.6 Å². The van der Waals surface area contributed by atoms with E-state index in [2.05, 4.69) is 30.5 Å². The molecule has 0 radical (unpaired) electrons. The van der Waals surface area contributed by atoms with Gasteiger partial charge in [0.25, 0.3) is 0 Å². The molecular formula is C17H28N2O3. The van der Waals surface area contributed by atoms with Gasteiger partial charge in [-0.2, -0.15) is 0 Å². The molecular weight excluding hydrogens is 280 g/mol. The van der Waals surface area contributed by atoms with E-state index >= 15 is 0 Å². The molecule has 1 rings (SSSR count). The maximum Gasteiger partial charge on any atom is 0.319 e. The summed E-state index contributed by atoms with van der Waals surface area (Å²) in [6, 6.07) is 5.69. The zero-order valence-electron chi connectivity index (χ0n) is 14.0. The number of aliphatic hydroxyl groups excluding tert-OH is 1. The Balaban J connectivity index is 2.75. The molecule has 1 atom stereocenters. The summed E-state index contributed by atoms with van der Waals surface area (Å²) in [4.78, 5) is 12.2. The molecule has 0 heterocycles. The Bertz CT molecular complexity index is 483. The number of carbonyl (C=O) groups excluding carboxylic acids is 1. The molecule has 124 valence electrons. The minimum Gasteiger partial charge on any atom is -0.396 e. The summed E-state index contributed by atoms with van der Waals surface area (Å²) in [6.07, 6.45) is 2.35. The molecule has 0 aromatic heterocycles. The highest BCUT2D eigenvalue weighted by atomic mass is 16.5. The second-order valence-corrected chi connectivity index (χ2v) is 5.74. The molecule has 0 aliphatic carbocycles. The normalized spacial score (nSPS) is 13.5. The minimum atomic E-state index is -0.593. The molecule has 1 aromatic rings. The van der Waals surface area contributed by atoms with E-state index in [-0.39, 0.29) is 12.6 Å². The van der Waals surface area contributed by atoms with Crippen molar-refractivity contribution in [3.8, 4) is 0 Å². The molecule has 22 heavy (non-hydrogen) atoms. The number of hydrogen-bond acceptors (Lipinski definition) is 3. The molecule has 0 saturated heterocycles. The Labute approximate surface area is 133 Å². The molecule has 0 spiro atoms. The third kappa shape index (κ3) is 5.31. The Morgan fingerprint density at radius 3 is 2.50 bits per heavy atom. The van der Waals surface area contributed by atoms with Crippen molar-refractivity contribution in [3.05, 3.63) is 29.3 Å². The minimum absolute atomic E-state index is 0.00861. The van der Waals surface area contributed by atoms with Crippen molar-refractivity contribution in [2.75, 3.05) is 25.6 Å². The van der Waals surface area contributed by atoms with Crippen molar-refractivity contribution in [3.63, 3.8) is 0 Å². The van der Waals surface area contributed by atoms with Crippen molar-refractivity contribution >= 4 is 11.7 Å². The number of aliphatic hydroxyl groups is 1. The summed E-state index contributed by atoms with van der Waals surface area (Å²) in [7, 11) is 1.58. The van der Waals surface area contributed by atoms with Crippen molar-refractivity contribution in [2.24, 2.45) is 0 Å². The standard InChI is InChI=1S/C17H28N2O3/c1-5-13-7-8-15(11-14(13)6-2)18-16(21)19-17(3,9-10-20)12-22-4/h7-8,11,20H,5-6,9-10,12H2,1-4H3,(H2,18,19,21). The first kappa shape index (κ1) is 18.5. The zero-order chi connectivity index (χ0) is 16.6. The summed E-state index contributed by atoms with van der Waals surface area (Å²) in [6.45, 7) is 6.42. The van der Waals surface area contributed by atoms with Gasteiger partial charge in [-0.1, -0.05) is 19.9 Å². The lowest BCUT2D eigenvalue weighted by atomic mass is 10.00. The topological polar surface area (TPSA) is 70.6 Å². The molecule has 0 aliphatic rings. The van der Waals surface area contributed by atoms with Crippen LogP contribution in [0.1, 0.15) is 38.3 Å². The Morgan fingerprint density at radius 2 is 1.95 bits per heavy atom. The Morgan fingerprint density at radius 1 is 1.27 bits per heavy atom. The quantitative estimate of drug-likeness (QED) is 0.691. The average Bonchev–Trinajstić information content (AvgIpc) is 2.47. The highest BCUT2D eigenvalue weighted by Crippen LogP contribution is 2.18. The molecule has 0 aliphatic heterocycles. The van der Waals surface area contributed by atoms with Gasteiger partial charge in [0.15, 0.2) is 0 Å². The van der Waals surface area contributed by atoms with Crippen LogP contribution in [0.4, 0.5) is 10.5 Å². The van der Waals surface area contributed by atoms with Crippen LogP contribution in [0.3, 0.4) is 0 Å². The van der Waals surface area contributed by atoms with E-state index < -0.39 is 5.54 Å². The number of benzene rings is 1. The Kier molecular flexibility index (Phi) is 7.35. The Hall–Kier alpha value is -1.59. The predicted octanol–water partition coefficient (Wildman–Crippen LogP) is 2.72. The molecule has 2 amide bonds. The molecule has 5 nitrogen and oxygen atoms in total. The monoisotopic (exact) mass is 308 g/mol. The predicted molar refractivity (Wildman–Crippen MR) is 89.3 cm³/mol. The van der Waals surface area contributed by atoms with E-state index in [1.54, 1.807) is 7.11 Å². The van der Waals surface area contributed by atoms with Crippen LogP contribution in [-0.4, -0.2) is 37.0 Å². The molecule has 5 heteroatoms. The smallest absolute Gasteiger partial charge is 0.319 e. The lowest BCUT2D eigenvalue weighted by Gasteiger charge is -2.29. The number of hydrogen-bond donors (Lipinski definition) is 3. The number of methoxy groups -OCH3 is 1. The summed E-state index contributed by atoms with van der Waals surface area (Å²) in [5.74, 6) is 0. The van der Waals surface area contributed by atoms with Crippen LogP contribution in [0.25, 0.3) is 0 Å². The third-order valence-corrected chi connectivity index (χ3v) is 3.77. The van der Waals surface area contributed by atoms with Gasteiger partial charge in [-0.05, 0) is 49.4 Å². The largest absolute Gasteiger partial charge is 0.396 e. The average molecular weight is 308 g/mol. The van der Waals surface area contributed by atoms with Gasteiger partial charge in [-0.3, -0.25) is 0 Å². The van der Waals surface area contributed by atoms with E-state index in [9.17, 15) is 4.79 Å². The molecule has 3 N–H and O–H groups in total. The van der Waals surface area contributed by atoms with E-state index in [0.717, 1.165) is 18.5 Å². The van der Waals surface area contributed by atoms with E-state index in [4.69, 9.17) is 9.84 Å². The summed E-state index contributed by atoms with van der Waals surface area (Å²) in [5, 5.41) is 14.9. The van der Waals surface area contributed by atoms with Crippen LogP contribution >= 0.6 is 0 Å². The number of carbonyl (C=O) groups is 1. The van der Waals surface area contributed by atoms with Crippen LogP contribution in [0.15, 0.2) is 18.2 Å². The highest BCUT2D eigenvalue weighted by Gasteiger charge is 2.25. The van der Waals surface area contributed by atoms with Crippen LogP contribution in [0.5, 0.6) is 0 Å². The number of aryl methyl sites for hydroxylation is 2. The SMILES string of the molecule is CCc1ccc(NC(=O)NC(C)(CCO)COC)cc1CC. The first-order valence-corrected chi connectivity index (χ1v) is 7.78. The molecule has 1 aromatic carbocycles. The van der Waals surface area contributed by atoms with Gasteiger partial charge in [0, 0.05) is 19.4 Å². The van der Waals surface area contributed by atoms with Gasteiger partial charge in [0.1, 0.15) is 0 Å². The number of nitrogens with one attached hydrogen (secondary N) is 2. The summed E-state index contributed by atoms with van der Waals surface area (Å²) >= 11 is 0. The van der Waals surface area contributed by atoms with Crippen molar-refractivity contribution in [1.29, 1.82) is 0 Å². The molecule has 1 unspecified atom stereocenters. The lowest BCUT2D eigenvalue weighted by molar-refractivity contribution is 0.104. The van der Waals surface area contributed by atoms with Crippen LogP contribution in [0, 0.1) is 0 Å². The second kappa shape index (κ2) is 8.76. The fraction of sp³-hybridized carbons (Fsp3) is 0.588. The fourth-order valence-electron chi connectivity index (χ4n) is 2.55. The number of rotatable bonds is 8. The van der Waals surface area contributed by atoms with E-state index in [0.29, 0.717) is 13.0 Å². The van der Waals surface area contributed by atoms with Gasteiger partial charge in [0.2, 0.25) is 0 Å². The number of amides is 2. The van der Waals surface area contributed by atoms with Crippen molar-refractivity contribution in [1.82, 2.24) is 5.32 Å². The van der Waals surface area contributed by atoms with Crippen molar-refractivity contribution in [2.45, 2.75) is 45.6 Å².